The molecule has 0 bridgehead atoms. The summed E-state index contributed by atoms with van der Waals surface area (Å²) in [5.41, 5.74) is 2.60. The minimum Gasteiger partial charge on any atom is -0.497 e. The highest BCUT2D eigenvalue weighted by molar-refractivity contribution is 7.89. The number of nitrogens with zero attached hydrogens (tertiary/aromatic N) is 4. The Labute approximate surface area is 185 Å². The number of primary sulfonamides is 1. The summed E-state index contributed by atoms with van der Waals surface area (Å²) in [6, 6.07) is 19.5. The molecular formula is C22H21N5O4S. The van der Waals surface area contributed by atoms with Crippen molar-refractivity contribution >= 4 is 10.0 Å². The number of tetrazole rings is 1. The molecule has 32 heavy (non-hydrogen) atoms. The first-order valence-corrected chi connectivity index (χ1v) is 11.1. The molecule has 0 saturated heterocycles. The fourth-order valence-corrected chi connectivity index (χ4v) is 4.07. The van der Waals surface area contributed by atoms with E-state index in [2.05, 4.69) is 15.4 Å². The number of hydrogen-bond donors (Lipinski definition) is 1. The van der Waals surface area contributed by atoms with Crippen molar-refractivity contribution in [1.29, 1.82) is 0 Å². The number of benzene rings is 3. The molecule has 4 aromatic rings. The SMILES string of the molecule is COc1ccc(Cn2nnc(-c3c(-c4ccc(OC)cc4)cccc3S(N)(=O)=O)n2)cc1. The Morgan fingerprint density at radius 2 is 1.53 bits per heavy atom. The molecule has 2 N–H and O–H groups in total. The number of nitrogens with two attached hydrogens (primary N) is 1. The molecule has 0 amide bonds. The number of hydrogen-bond acceptors (Lipinski definition) is 7. The van der Waals surface area contributed by atoms with Crippen LogP contribution in [0, 0.1) is 0 Å². The summed E-state index contributed by atoms with van der Waals surface area (Å²) in [7, 11) is -0.861. The van der Waals surface area contributed by atoms with E-state index in [0.29, 0.717) is 23.4 Å². The Balaban J connectivity index is 1.77. The third kappa shape index (κ3) is 4.46. The van der Waals surface area contributed by atoms with Crippen LogP contribution in [0.15, 0.2) is 71.6 Å². The summed E-state index contributed by atoms with van der Waals surface area (Å²) in [6.07, 6.45) is 0. The van der Waals surface area contributed by atoms with Crippen molar-refractivity contribution < 1.29 is 17.9 Å². The van der Waals surface area contributed by atoms with Gasteiger partial charge in [0.1, 0.15) is 11.5 Å². The summed E-state index contributed by atoms with van der Waals surface area (Å²) in [5.74, 6) is 1.59. The molecule has 1 aromatic heterocycles. The van der Waals surface area contributed by atoms with Gasteiger partial charge in [-0.15, -0.1) is 10.2 Å². The average Bonchev–Trinajstić information content (AvgIpc) is 3.26. The van der Waals surface area contributed by atoms with Crippen LogP contribution in [0.4, 0.5) is 0 Å². The normalized spacial score (nSPS) is 11.3. The van der Waals surface area contributed by atoms with Gasteiger partial charge in [0.25, 0.3) is 0 Å². The van der Waals surface area contributed by atoms with Crippen LogP contribution >= 0.6 is 0 Å². The highest BCUT2D eigenvalue weighted by atomic mass is 32.2. The van der Waals surface area contributed by atoms with E-state index in [-0.39, 0.29) is 10.7 Å². The summed E-state index contributed by atoms with van der Waals surface area (Å²) in [6.45, 7) is 0.354. The first-order chi connectivity index (χ1) is 15.4. The zero-order chi connectivity index (χ0) is 22.7. The van der Waals surface area contributed by atoms with Gasteiger partial charge >= 0.3 is 0 Å². The second-order valence-electron chi connectivity index (χ2n) is 6.94. The Morgan fingerprint density at radius 1 is 0.906 bits per heavy atom. The van der Waals surface area contributed by atoms with E-state index in [1.807, 2.05) is 36.4 Å². The molecule has 164 valence electrons. The van der Waals surface area contributed by atoms with E-state index < -0.39 is 10.0 Å². The van der Waals surface area contributed by atoms with Gasteiger partial charge in [-0.25, -0.2) is 13.6 Å². The van der Waals surface area contributed by atoms with Crippen molar-refractivity contribution in [2.75, 3.05) is 14.2 Å². The minimum atomic E-state index is -4.04. The first kappa shape index (κ1) is 21.5. The third-order valence-electron chi connectivity index (χ3n) is 4.89. The van der Waals surface area contributed by atoms with Crippen molar-refractivity contribution in [3.8, 4) is 34.0 Å². The van der Waals surface area contributed by atoms with Crippen molar-refractivity contribution in [3.63, 3.8) is 0 Å². The second kappa shape index (κ2) is 8.77. The maximum atomic E-state index is 12.3. The molecule has 3 aromatic carbocycles. The van der Waals surface area contributed by atoms with Crippen molar-refractivity contribution in [1.82, 2.24) is 20.2 Å². The standard InChI is InChI=1S/C22H21N5O4S/c1-30-17-10-6-15(7-11-17)14-27-25-22(24-26-27)21-19(4-3-5-20(21)32(23,28)29)16-8-12-18(31-2)13-9-16/h3-13H,14H2,1-2H3,(H2,23,28,29). The van der Waals surface area contributed by atoms with Crippen LogP contribution in [0.1, 0.15) is 5.56 Å². The predicted molar refractivity (Wildman–Crippen MR) is 119 cm³/mol. The number of methoxy groups -OCH3 is 2. The van der Waals surface area contributed by atoms with Crippen LogP contribution in [0.25, 0.3) is 22.5 Å². The van der Waals surface area contributed by atoms with E-state index in [9.17, 15) is 8.42 Å². The van der Waals surface area contributed by atoms with Crippen molar-refractivity contribution in [3.05, 3.63) is 72.3 Å². The van der Waals surface area contributed by atoms with Crippen molar-refractivity contribution in [2.45, 2.75) is 11.4 Å². The van der Waals surface area contributed by atoms with E-state index in [0.717, 1.165) is 16.9 Å². The molecule has 1 heterocycles. The molecule has 4 rings (SSSR count). The van der Waals surface area contributed by atoms with E-state index in [1.54, 1.807) is 38.5 Å². The third-order valence-corrected chi connectivity index (χ3v) is 5.85. The summed E-state index contributed by atoms with van der Waals surface area (Å²) >= 11 is 0. The van der Waals surface area contributed by atoms with Gasteiger partial charge in [-0.1, -0.05) is 36.4 Å². The molecule has 0 saturated carbocycles. The Kier molecular flexibility index (Phi) is 5.89. The van der Waals surface area contributed by atoms with Gasteiger partial charge in [-0.2, -0.15) is 4.80 Å². The molecule has 0 aliphatic carbocycles. The fraction of sp³-hybridized carbons (Fsp3) is 0.136. The molecule has 10 heteroatoms. The van der Waals surface area contributed by atoms with Gasteiger partial charge in [0.2, 0.25) is 15.8 Å². The van der Waals surface area contributed by atoms with Gasteiger partial charge in [-0.3, -0.25) is 0 Å². The molecule has 0 fully saturated rings. The summed E-state index contributed by atoms with van der Waals surface area (Å²) in [5, 5.41) is 18.2. The smallest absolute Gasteiger partial charge is 0.238 e. The molecule has 0 atom stereocenters. The number of sulfonamides is 1. The molecule has 9 nitrogen and oxygen atoms in total. The predicted octanol–water partition coefficient (Wildman–Crippen LogP) is 2.72. The molecule has 0 spiro atoms. The quantitative estimate of drug-likeness (QED) is 0.458. The molecule has 0 aliphatic heterocycles. The monoisotopic (exact) mass is 451 g/mol. The summed E-state index contributed by atoms with van der Waals surface area (Å²) in [4.78, 5) is 1.32. The lowest BCUT2D eigenvalue weighted by molar-refractivity contribution is 0.414. The lowest BCUT2D eigenvalue weighted by Gasteiger charge is -2.11. The van der Waals surface area contributed by atoms with E-state index in [4.69, 9.17) is 14.6 Å². The van der Waals surface area contributed by atoms with Crippen LogP contribution in [0.3, 0.4) is 0 Å². The maximum Gasteiger partial charge on any atom is 0.238 e. The lowest BCUT2D eigenvalue weighted by atomic mass is 9.99. The maximum absolute atomic E-state index is 12.3. The topological polar surface area (TPSA) is 122 Å². The van der Waals surface area contributed by atoms with Crippen LogP contribution < -0.4 is 14.6 Å². The zero-order valence-electron chi connectivity index (χ0n) is 17.5. The first-order valence-electron chi connectivity index (χ1n) is 9.60. The molecule has 0 radical (unpaired) electrons. The lowest BCUT2D eigenvalue weighted by Crippen LogP contribution is -2.14. The van der Waals surface area contributed by atoms with Crippen LogP contribution in [-0.4, -0.2) is 42.8 Å². The number of rotatable bonds is 7. The molecule has 0 unspecified atom stereocenters. The fourth-order valence-electron chi connectivity index (χ4n) is 3.31. The van der Waals surface area contributed by atoms with Crippen LogP contribution in [-0.2, 0) is 16.6 Å². The van der Waals surface area contributed by atoms with Crippen LogP contribution in [0.2, 0.25) is 0 Å². The average molecular weight is 452 g/mol. The second-order valence-corrected chi connectivity index (χ2v) is 8.47. The summed E-state index contributed by atoms with van der Waals surface area (Å²) < 4.78 is 35.0. The molecular weight excluding hydrogens is 430 g/mol. The highest BCUT2D eigenvalue weighted by Crippen LogP contribution is 2.35. The number of aromatic nitrogens is 4. The van der Waals surface area contributed by atoms with Gasteiger partial charge in [0.05, 0.1) is 31.2 Å². The van der Waals surface area contributed by atoms with E-state index in [1.165, 1.54) is 10.9 Å². The largest absolute Gasteiger partial charge is 0.497 e. The Morgan fingerprint density at radius 3 is 2.12 bits per heavy atom. The Hall–Kier alpha value is -3.76. The van der Waals surface area contributed by atoms with Crippen LogP contribution in [0.5, 0.6) is 11.5 Å². The highest BCUT2D eigenvalue weighted by Gasteiger charge is 2.23. The van der Waals surface area contributed by atoms with Gasteiger partial charge in [0.15, 0.2) is 0 Å². The zero-order valence-corrected chi connectivity index (χ0v) is 18.3. The van der Waals surface area contributed by atoms with Gasteiger partial charge in [-0.05, 0) is 52.2 Å². The van der Waals surface area contributed by atoms with Gasteiger partial charge in [0, 0.05) is 0 Å². The molecule has 0 aliphatic rings. The van der Waals surface area contributed by atoms with Gasteiger partial charge < -0.3 is 9.47 Å². The minimum absolute atomic E-state index is 0.0742. The van der Waals surface area contributed by atoms with E-state index >= 15 is 0 Å². The van der Waals surface area contributed by atoms with Crippen molar-refractivity contribution in [2.24, 2.45) is 5.14 Å². The Bertz CT molecular complexity index is 1330. The number of ether oxygens (including phenoxy) is 2.